The van der Waals surface area contributed by atoms with Crippen LogP contribution in [-0.2, 0) is 0 Å². The normalized spacial score (nSPS) is 16.7. The van der Waals surface area contributed by atoms with Crippen molar-refractivity contribution < 1.29 is 23.1 Å². The second-order valence-electron chi connectivity index (χ2n) is 5.22. The molecule has 1 saturated carbocycles. The van der Waals surface area contributed by atoms with E-state index in [-0.39, 0.29) is 18.4 Å². The summed E-state index contributed by atoms with van der Waals surface area (Å²) >= 11 is 0. The predicted octanol–water partition coefficient (Wildman–Crippen LogP) is 4.04. The van der Waals surface area contributed by atoms with Gasteiger partial charge >= 0.3 is 12.1 Å². The molecule has 2 aromatic carbocycles. The van der Waals surface area contributed by atoms with Crippen molar-refractivity contribution in [3.8, 4) is 0 Å². The Labute approximate surface area is 118 Å². The molecule has 1 aliphatic rings. The van der Waals surface area contributed by atoms with Gasteiger partial charge in [0.05, 0.1) is 5.56 Å². The first-order valence-electron chi connectivity index (χ1n) is 6.44. The van der Waals surface area contributed by atoms with Crippen LogP contribution in [0, 0.1) is 0 Å². The topological polar surface area (TPSA) is 49.3 Å². The number of anilines is 1. The molecule has 0 unspecified atom stereocenters. The van der Waals surface area contributed by atoms with Gasteiger partial charge in [0.2, 0.25) is 0 Å². The molecular formula is C15H12F3NO2. The fourth-order valence-electron chi connectivity index (χ4n) is 2.46. The summed E-state index contributed by atoms with van der Waals surface area (Å²) in [5.41, 5.74) is -1.49. The van der Waals surface area contributed by atoms with E-state index in [2.05, 4.69) is 5.32 Å². The van der Waals surface area contributed by atoms with Crippen LogP contribution in [-0.4, -0.2) is 22.8 Å². The number of hydrogen-bond acceptors (Lipinski definition) is 2. The maximum absolute atomic E-state index is 13.0. The van der Waals surface area contributed by atoms with Gasteiger partial charge in [0.15, 0.2) is 0 Å². The molecule has 0 radical (unpaired) electrons. The molecule has 3 rings (SSSR count). The van der Waals surface area contributed by atoms with Crippen molar-refractivity contribution in [2.24, 2.45) is 0 Å². The van der Waals surface area contributed by atoms with Crippen molar-refractivity contribution in [2.45, 2.75) is 24.6 Å². The van der Waals surface area contributed by atoms with E-state index in [1.807, 2.05) is 0 Å². The van der Waals surface area contributed by atoms with Gasteiger partial charge in [-0.15, -0.1) is 0 Å². The summed E-state index contributed by atoms with van der Waals surface area (Å²) < 4.78 is 39.1. The van der Waals surface area contributed by atoms with Crippen molar-refractivity contribution in [3.63, 3.8) is 0 Å². The lowest BCUT2D eigenvalue weighted by Gasteiger charge is -2.23. The Kier molecular flexibility index (Phi) is 2.86. The van der Waals surface area contributed by atoms with Crippen molar-refractivity contribution in [2.75, 3.05) is 5.32 Å². The van der Waals surface area contributed by atoms with Crippen molar-refractivity contribution in [1.29, 1.82) is 0 Å². The highest BCUT2D eigenvalue weighted by Gasteiger charge is 2.63. The molecular weight excluding hydrogens is 283 g/mol. The number of aromatic carboxylic acids is 1. The monoisotopic (exact) mass is 295 g/mol. The average molecular weight is 295 g/mol. The molecule has 0 bridgehead atoms. The summed E-state index contributed by atoms with van der Waals surface area (Å²) in [6, 6.07) is 9.28. The Morgan fingerprint density at radius 2 is 1.71 bits per heavy atom. The van der Waals surface area contributed by atoms with Crippen LogP contribution in [0.1, 0.15) is 23.2 Å². The molecule has 0 atom stereocenters. The number of alkyl halides is 3. The van der Waals surface area contributed by atoms with Gasteiger partial charge < -0.3 is 10.4 Å². The summed E-state index contributed by atoms with van der Waals surface area (Å²) in [7, 11) is 0. The van der Waals surface area contributed by atoms with Gasteiger partial charge in [-0.1, -0.05) is 24.3 Å². The molecule has 1 fully saturated rings. The molecule has 110 valence electrons. The number of hydrogen-bond donors (Lipinski definition) is 2. The SMILES string of the molecule is O=C(O)c1ccc(NC2(C(F)(F)F)CC2)c2ccccc12. The first kappa shape index (κ1) is 13.7. The number of benzene rings is 2. The maximum atomic E-state index is 13.0. The number of carbonyl (C=O) groups is 1. The van der Waals surface area contributed by atoms with E-state index < -0.39 is 17.7 Å². The second kappa shape index (κ2) is 4.38. The minimum Gasteiger partial charge on any atom is -0.478 e. The Hall–Kier alpha value is -2.24. The lowest BCUT2D eigenvalue weighted by atomic mass is 10.0. The van der Waals surface area contributed by atoms with Gasteiger partial charge in [-0.3, -0.25) is 0 Å². The van der Waals surface area contributed by atoms with Gasteiger partial charge in [0.25, 0.3) is 0 Å². The third kappa shape index (κ3) is 2.20. The van der Waals surface area contributed by atoms with Crippen molar-refractivity contribution >= 4 is 22.4 Å². The number of nitrogens with one attached hydrogen (secondary N) is 1. The van der Waals surface area contributed by atoms with Crippen molar-refractivity contribution in [1.82, 2.24) is 0 Å². The highest BCUT2D eigenvalue weighted by molar-refractivity contribution is 6.07. The molecule has 2 aromatic rings. The largest absolute Gasteiger partial charge is 0.478 e. The Morgan fingerprint density at radius 3 is 2.24 bits per heavy atom. The molecule has 1 aliphatic carbocycles. The number of fused-ring (bicyclic) bond motifs is 1. The fourth-order valence-corrected chi connectivity index (χ4v) is 2.46. The zero-order valence-electron chi connectivity index (χ0n) is 10.9. The van der Waals surface area contributed by atoms with E-state index in [0.717, 1.165) is 0 Å². The van der Waals surface area contributed by atoms with Gasteiger partial charge in [-0.2, -0.15) is 13.2 Å². The quantitative estimate of drug-likeness (QED) is 0.898. The molecule has 21 heavy (non-hydrogen) atoms. The first-order chi connectivity index (χ1) is 9.84. The van der Waals surface area contributed by atoms with Crippen LogP contribution in [0.15, 0.2) is 36.4 Å². The summed E-state index contributed by atoms with van der Waals surface area (Å²) in [6.45, 7) is 0. The third-order valence-electron chi connectivity index (χ3n) is 3.82. The van der Waals surface area contributed by atoms with E-state index in [1.54, 1.807) is 24.3 Å². The molecule has 0 aromatic heterocycles. The van der Waals surface area contributed by atoms with Gasteiger partial charge in [0, 0.05) is 11.1 Å². The number of rotatable bonds is 3. The number of carboxylic acids is 1. The zero-order chi connectivity index (χ0) is 15.3. The first-order valence-corrected chi connectivity index (χ1v) is 6.44. The minimum absolute atomic E-state index is 0.0332. The molecule has 0 saturated heterocycles. The van der Waals surface area contributed by atoms with Gasteiger partial charge in [0.1, 0.15) is 5.54 Å². The average Bonchev–Trinajstić information content (AvgIpc) is 3.19. The van der Waals surface area contributed by atoms with Crippen LogP contribution < -0.4 is 5.32 Å². The Morgan fingerprint density at radius 1 is 1.10 bits per heavy atom. The fraction of sp³-hybridized carbons (Fsp3) is 0.267. The molecule has 2 N–H and O–H groups in total. The summed E-state index contributed by atoms with van der Waals surface area (Å²) in [5, 5.41) is 12.6. The standard InChI is InChI=1S/C15H12F3NO2/c16-15(17,18)14(7-8-14)19-12-6-5-11(13(20)21)9-3-1-2-4-10(9)12/h1-6,19H,7-8H2,(H,20,21). The summed E-state index contributed by atoms with van der Waals surface area (Å²) in [4.78, 5) is 11.2. The molecule has 6 heteroatoms. The Balaban J connectivity index is 2.09. The summed E-state index contributed by atoms with van der Waals surface area (Å²) in [6.07, 6.45) is -4.25. The highest BCUT2D eigenvalue weighted by atomic mass is 19.4. The van der Waals surface area contributed by atoms with Crippen LogP contribution in [0.5, 0.6) is 0 Å². The van der Waals surface area contributed by atoms with E-state index >= 15 is 0 Å². The maximum Gasteiger partial charge on any atom is 0.411 e. The van der Waals surface area contributed by atoms with Gasteiger partial charge in [-0.25, -0.2) is 4.79 Å². The van der Waals surface area contributed by atoms with Crippen LogP contribution >= 0.6 is 0 Å². The summed E-state index contributed by atoms with van der Waals surface area (Å²) in [5.74, 6) is -1.10. The van der Waals surface area contributed by atoms with E-state index in [9.17, 15) is 18.0 Å². The molecule has 0 aliphatic heterocycles. The highest BCUT2D eigenvalue weighted by Crippen LogP contribution is 2.51. The van der Waals surface area contributed by atoms with E-state index in [1.165, 1.54) is 12.1 Å². The lowest BCUT2D eigenvalue weighted by Crippen LogP contribution is -2.38. The zero-order valence-corrected chi connectivity index (χ0v) is 10.9. The van der Waals surface area contributed by atoms with Crippen LogP contribution in [0.4, 0.5) is 18.9 Å². The lowest BCUT2D eigenvalue weighted by molar-refractivity contribution is -0.151. The minimum atomic E-state index is -4.32. The number of halogens is 3. The Bertz CT molecular complexity index is 720. The smallest absolute Gasteiger partial charge is 0.411 e. The molecule has 0 heterocycles. The molecule has 0 amide bonds. The molecule has 3 nitrogen and oxygen atoms in total. The molecule has 0 spiro atoms. The third-order valence-corrected chi connectivity index (χ3v) is 3.82. The van der Waals surface area contributed by atoms with Gasteiger partial charge in [-0.05, 0) is 30.4 Å². The number of carboxylic acid groups (broad SMARTS) is 1. The van der Waals surface area contributed by atoms with Crippen molar-refractivity contribution in [3.05, 3.63) is 42.0 Å². The predicted molar refractivity (Wildman–Crippen MR) is 72.6 cm³/mol. The van der Waals surface area contributed by atoms with Crippen LogP contribution in [0.2, 0.25) is 0 Å². The van der Waals surface area contributed by atoms with E-state index in [0.29, 0.717) is 16.5 Å². The van der Waals surface area contributed by atoms with Crippen LogP contribution in [0.25, 0.3) is 10.8 Å². The second-order valence-corrected chi connectivity index (χ2v) is 5.22. The van der Waals surface area contributed by atoms with E-state index in [4.69, 9.17) is 5.11 Å². The van der Waals surface area contributed by atoms with Crippen LogP contribution in [0.3, 0.4) is 0 Å².